The first-order chi connectivity index (χ1) is 11.2. The Balaban J connectivity index is 2.37. The quantitative estimate of drug-likeness (QED) is 0.505. The average Bonchev–Trinajstić information content (AvgIpc) is 2.52. The normalized spacial score (nSPS) is 10.2. The van der Waals surface area contributed by atoms with Gasteiger partial charge in [0, 0.05) is 24.8 Å². The van der Waals surface area contributed by atoms with Gasteiger partial charge >= 0.3 is 0 Å². The fraction of sp³-hybridized carbons (Fsp3) is 0.529. The number of hydrogen-bond donors (Lipinski definition) is 2. The Morgan fingerprint density at radius 2 is 2.04 bits per heavy atom. The molecule has 0 bridgehead atoms. The van der Waals surface area contributed by atoms with E-state index in [9.17, 15) is 4.79 Å². The highest BCUT2D eigenvalue weighted by Gasteiger charge is 2.05. The SMILES string of the molecule is CCCCCC(=O)NC(=S)Nc1cccc(OCCOCC)c1. The second-order valence-corrected chi connectivity index (χ2v) is 5.44. The Labute approximate surface area is 143 Å². The Morgan fingerprint density at radius 3 is 2.78 bits per heavy atom. The van der Waals surface area contributed by atoms with Crippen LogP contribution in [0.2, 0.25) is 0 Å². The molecule has 1 aromatic rings. The van der Waals surface area contributed by atoms with E-state index in [1.165, 1.54) is 0 Å². The molecule has 0 aromatic heterocycles. The molecular weight excluding hydrogens is 312 g/mol. The smallest absolute Gasteiger partial charge is 0.226 e. The number of carbonyl (C=O) groups excluding carboxylic acids is 1. The molecule has 6 heteroatoms. The van der Waals surface area contributed by atoms with Crippen molar-refractivity contribution in [3.63, 3.8) is 0 Å². The van der Waals surface area contributed by atoms with Crippen LogP contribution in [0.1, 0.15) is 39.5 Å². The van der Waals surface area contributed by atoms with Gasteiger partial charge in [0.1, 0.15) is 12.4 Å². The molecule has 0 saturated heterocycles. The number of ether oxygens (including phenoxy) is 2. The van der Waals surface area contributed by atoms with Crippen molar-refractivity contribution in [3.8, 4) is 5.75 Å². The minimum atomic E-state index is -0.0555. The molecule has 0 aliphatic heterocycles. The molecule has 0 fully saturated rings. The number of thiocarbonyl (C=S) groups is 1. The molecule has 1 amide bonds. The highest BCUT2D eigenvalue weighted by atomic mass is 32.1. The monoisotopic (exact) mass is 338 g/mol. The van der Waals surface area contributed by atoms with E-state index >= 15 is 0 Å². The molecule has 2 N–H and O–H groups in total. The molecule has 128 valence electrons. The minimum absolute atomic E-state index is 0.0555. The summed E-state index contributed by atoms with van der Waals surface area (Å²) in [7, 11) is 0. The zero-order chi connectivity index (χ0) is 16.9. The Kier molecular flexibility index (Phi) is 9.99. The topological polar surface area (TPSA) is 59.6 Å². The Bertz CT molecular complexity index is 494. The zero-order valence-corrected chi connectivity index (χ0v) is 14.7. The lowest BCUT2D eigenvalue weighted by Crippen LogP contribution is -2.33. The maximum Gasteiger partial charge on any atom is 0.226 e. The Morgan fingerprint density at radius 1 is 1.22 bits per heavy atom. The van der Waals surface area contributed by atoms with E-state index in [2.05, 4.69) is 17.6 Å². The van der Waals surface area contributed by atoms with Crippen molar-refractivity contribution in [3.05, 3.63) is 24.3 Å². The van der Waals surface area contributed by atoms with Crippen LogP contribution in [-0.4, -0.2) is 30.8 Å². The Hall–Kier alpha value is -1.66. The molecule has 0 atom stereocenters. The van der Waals surface area contributed by atoms with E-state index in [-0.39, 0.29) is 5.91 Å². The minimum Gasteiger partial charge on any atom is -0.491 e. The summed E-state index contributed by atoms with van der Waals surface area (Å²) in [5.74, 6) is 0.673. The molecule has 5 nitrogen and oxygen atoms in total. The molecule has 0 aliphatic rings. The van der Waals surface area contributed by atoms with Crippen molar-refractivity contribution in [2.24, 2.45) is 0 Å². The van der Waals surface area contributed by atoms with E-state index in [1.54, 1.807) is 0 Å². The number of anilines is 1. The van der Waals surface area contributed by atoms with Gasteiger partial charge in [-0.15, -0.1) is 0 Å². The van der Waals surface area contributed by atoms with Crippen LogP contribution >= 0.6 is 12.2 Å². The summed E-state index contributed by atoms with van der Waals surface area (Å²) in [6, 6.07) is 7.43. The molecule has 0 aliphatic carbocycles. The van der Waals surface area contributed by atoms with E-state index in [0.717, 1.165) is 30.7 Å². The summed E-state index contributed by atoms with van der Waals surface area (Å²) in [4.78, 5) is 11.7. The number of amides is 1. The summed E-state index contributed by atoms with van der Waals surface area (Å²) >= 11 is 5.15. The first-order valence-electron chi connectivity index (χ1n) is 8.07. The van der Waals surface area contributed by atoms with Crippen molar-refractivity contribution in [1.82, 2.24) is 5.32 Å². The van der Waals surface area contributed by atoms with Gasteiger partial charge in [-0.1, -0.05) is 25.8 Å². The second kappa shape index (κ2) is 11.8. The van der Waals surface area contributed by atoms with Gasteiger partial charge in [0.25, 0.3) is 0 Å². The lowest BCUT2D eigenvalue weighted by Gasteiger charge is -2.11. The second-order valence-electron chi connectivity index (χ2n) is 5.03. The summed E-state index contributed by atoms with van der Waals surface area (Å²) in [6.07, 6.45) is 3.52. The van der Waals surface area contributed by atoms with Crippen LogP contribution in [0.5, 0.6) is 5.75 Å². The number of carbonyl (C=O) groups is 1. The standard InChI is InChI=1S/C17H26N2O3S/c1-3-5-6-10-16(20)19-17(23)18-14-8-7-9-15(13-14)22-12-11-21-4-2/h7-9,13H,3-6,10-12H2,1-2H3,(H2,18,19,20,23). The van der Waals surface area contributed by atoms with Crippen LogP contribution in [0.15, 0.2) is 24.3 Å². The van der Waals surface area contributed by atoms with Gasteiger partial charge in [-0.25, -0.2) is 0 Å². The van der Waals surface area contributed by atoms with E-state index in [4.69, 9.17) is 21.7 Å². The molecule has 0 unspecified atom stereocenters. The van der Waals surface area contributed by atoms with Gasteiger partial charge in [0.15, 0.2) is 5.11 Å². The fourth-order valence-electron chi connectivity index (χ4n) is 1.91. The predicted molar refractivity (Wildman–Crippen MR) is 96.9 cm³/mol. The molecule has 0 spiro atoms. The van der Waals surface area contributed by atoms with Gasteiger partial charge in [0.05, 0.1) is 6.61 Å². The summed E-state index contributed by atoms with van der Waals surface area (Å²) < 4.78 is 10.8. The average molecular weight is 338 g/mol. The van der Waals surface area contributed by atoms with Crippen molar-refractivity contribution in [2.75, 3.05) is 25.1 Å². The van der Waals surface area contributed by atoms with Crippen LogP contribution < -0.4 is 15.4 Å². The van der Waals surface area contributed by atoms with Crippen molar-refractivity contribution in [1.29, 1.82) is 0 Å². The molecule has 0 radical (unpaired) electrons. The van der Waals surface area contributed by atoms with Gasteiger partial charge in [-0.2, -0.15) is 0 Å². The maximum atomic E-state index is 11.7. The number of benzene rings is 1. The van der Waals surface area contributed by atoms with Gasteiger partial charge in [-0.05, 0) is 37.7 Å². The lowest BCUT2D eigenvalue weighted by molar-refractivity contribution is -0.119. The number of hydrogen-bond acceptors (Lipinski definition) is 4. The number of nitrogens with one attached hydrogen (secondary N) is 2. The molecule has 0 saturated carbocycles. The van der Waals surface area contributed by atoms with E-state index < -0.39 is 0 Å². The summed E-state index contributed by atoms with van der Waals surface area (Å²) in [6.45, 7) is 5.78. The third-order valence-corrected chi connectivity index (χ3v) is 3.26. The highest BCUT2D eigenvalue weighted by Crippen LogP contribution is 2.17. The maximum absolute atomic E-state index is 11.7. The highest BCUT2D eigenvalue weighted by molar-refractivity contribution is 7.80. The van der Waals surface area contributed by atoms with Gasteiger partial charge in [0.2, 0.25) is 5.91 Å². The van der Waals surface area contributed by atoms with Gasteiger partial charge < -0.3 is 20.1 Å². The molecule has 1 aromatic carbocycles. The first kappa shape index (κ1) is 19.4. The first-order valence-corrected chi connectivity index (χ1v) is 8.48. The summed E-state index contributed by atoms with van der Waals surface area (Å²) in [5.41, 5.74) is 0.776. The predicted octanol–water partition coefficient (Wildman–Crippen LogP) is 3.50. The fourth-order valence-corrected chi connectivity index (χ4v) is 2.15. The van der Waals surface area contributed by atoms with Gasteiger partial charge in [-0.3, -0.25) is 4.79 Å². The largest absolute Gasteiger partial charge is 0.491 e. The third-order valence-electron chi connectivity index (χ3n) is 3.05. The summed E-state index contributed by atoms with van der Waals surface area (Å²) in [5, 5.41) is 5.98. The van der Waals surface area contributed by atoms with Crippen LogP contribution in [0, 0.1) is 0 Å². The number of unbranched alkanes of at least 4 members (excludes halogenated alkanes) is 2. The lowest BCUT2D eigenvalue weighted by atomic mass is 10.2. The molecular formula is C17H26N2O3S. The third kappa shape index (κ3) is 9.15. The number of rotatable bonds is 10. The zero-order valence-electron chi connectivity index (χ0n) is 13.9. The van der Waals surface area contributed by atoms with Crippen LogP contribution in [0.4, 0.5) is 5.69 Å². The van der Waals surface area contributed by atoms with Crippen LogP contribution in [0.25, 0.3) is 0 Å². The van der Waals surface area contributed by atoms with Crippen molar-refractivity contribution < 1.29 is 14.3 Å². The van der Waals surface area contributed by atoms with Crippen molar-refractivity contribution in [2.45, 2.75) is 39.5 Å². The van der Waals surface area contributed by atoms with E-state index in [0.29, 0.717) is 31.4 Å². The molecule has 23 heavy (non-hydrogen) atoms. The van der Waals surface area contributed by atoms with Crippen LogP contribution in [-0.2, 0) is 9.53 Å². The molecule has 1 rings (SSSR count). The molecule has 0 heterocycles. The van der Waals surface area contributed by atoms with Crippen molar-refractivity contribution >= 4 is 28.9 Å². The van der Waals surface area contributed by atoms with Crippen LogP contribution in [0.3, 0.4) is 0 Å². The van der Waals surface area contributed by atoms with E-state index in [1.807, 2.05) is 31.2 Å².